The maximum atomic E-state index is 13.0. The third kappa shape index (κ3) is 2.87. The van der Waals surface area contributed by atoms with Gasteiger partial charge in [-0.3, -0.25) is 0 Å². The van der Waals surface area contributed by atoms with Crippen molar-refractivity contribution in [3.8, 4) is 0 Å². The molecule has 0 radical (unpaired) electrons. The fraction of sp³-hybridized carbons (Fsp3) is 0. The highest BCUT2D eigenvalue weighted by molar-refractivity contribution is 6.30. The van der Waals surface area contributed by atoms with E-state index < -0.39 is 11.8 Å². The molecule has 0 bridgehead atoms. The molecule has 1 aromatic rings. The molecule has 0 amide bonds. The summed E-state index contributed by atoms with van der Waals surface area (Å²) in [5.41, 5.74) is 0.201. The first-order valence-corrected chi connectivity index (χ1v) is 3.83. The zero-order chi connectivity index (χ0) is 9.84. The number of carbonyl (C=O) groups is 1. The van der Waals surface area contributed by atoms with Crippen molar-refractivity contribution in [2.45, 2.75) is 0 Å². The van der Waals surface area contributed by atoms with Crippen LogP contribution in [0.3, 0.4) is 0 Å². The van der Waals surface area contributed by atoms with Gasteiger partial charge in [-0.2, -0.15) is 0 Å². The summed E-state index contributed by atoms with van der Waals surface area (Å²) >= 11 is 5.56. The van der Waals surface area contributed by atoms with Gasteiger partial charge in [0.05, 0.1) is 6.08 Å². The van der Waals surface area contributed by atoms with Crippen LogP contribution in [0.2, 0.25) is 5.02 Å². The average molecular weight is 201 g/mol. The van der Waals surface area contributed by atoms with Gasteiger partial charge in [-0.1, -0.05) is 23.7 Å². The lowest BCUT2D eigenvalue weighted by molar-refractivity contribution is -0.131. The van der Waals surface area contributed by atoms with E-state index >= 15 is 0 Å². The van der Waals surface area contributed by atoms with Gasteiger partial charge in [-0.25, -0.2) is 9.18 Å². The van der Waals surface area contributed by atoms with Gasteiger partial charge in [-0.05, 0) is 12.1 Å². The van der Waals surface area contributed by atoms with Crippen LogP contribution in [0, 0.1) is 0 Å². The van der Waals surface area contributed by atoms with Crippen LogP contribution in [0.25, 0.3) is 5.83 Å². The summed E-state index contributed by atoms with van der Waals surface area (Å²) in [6.07, 6.45) is 0.503. The average Bonchev–Trinajstić information content (AvgIpc) is 2.04. The number of hydrogen-bond donors (Lipinski definition) is 1. The van der Waals surface area contributed by atoms with Crippen LogP contribution in [0.5, 0.6) is 0 Å². The van der Waals surface area contributed by atoms with Gasteiger partial charge in [0.2, 0.25) is 0 Å². The quantitative estimate of drug-likeness (QED) is 0.746. The molecule has 68 valence electrons. The smallest absolute Gasteiger partial charge is 0.331 e. The van der Waals surface area contributed by atoms with Gasteiger partial charge >= 0.3 is 5.97 Å². The number of halogens is 2. The van der Waals surface area contributed by atoms with Crippen LogP contribution < -0.4 is 0 Å². The standard InChI is InChI=1S/C9H6ClFO2/c10-7-3-1-6(2-4-7)8(11)5-9(12)13/h1-5H,(H,12,13). The second kappa shape index (κ2) is 4.05. The Bertz CT molecular complexity index is 343. The Morgan fingerprint density at radius 2 is 1.92 bits per heavy atom. The molecule has 1 N–H and O–H groups in total. The molecule has 0 saturated carbocycles. The van der Waals surface area contributed by atoms with E-state index in [1.807, 2.05) is 0 Å². The monoisotopic (exact) mass is 200 g/mol. The van der Waals surface area contributed by atoms with Crippen molar-refractivity contribution in [1.82, 2.24) is 0 Å². The summed E-state index contributed by atoms with van der Waals surface area (Å²) in [7, 11) is 0. The first-order chi connectivity index (χ1) is 6.09. The van der Waals surface area contributed by atoms with Crippen molar-refractivity contribution < 1.29 is 14.3 Å². The number of hydrogen-bond acceptors (Lipinski definition) is 1. The van der Waals surface area contributed by atoms with Gasteiger partial charge in [0, 0.05) is 10.6 Å². The lowest BCUT2D eigenvalue weighted by Crippen LogP contribution is -1.88. The normalized spacial score (nSPS) is 11.4. The van der Waals surface area contributed by atoms with E-state index in [1.165, 1.54) is 24.3 Å². The fourth-order valence-electron chi connectivity index (χ4n) is 0.801. The van der Waals surface area contributed by atoms with E-state index in [2.05, 4.69) is 0 Å². The molecule has 0 aromatic heterocycles. The maximum Gasteiger partial charge on any atom is 0.331 e. The number of aliphatic carboxylic acids is 1. The van der Waals surface area contributed by atoms with Crippen LogP contribution >= 0.6 is 11.6 Å². The van der Waals surface area contributed by atoms with Crippen molar-refractivity contribution in [1.29, 1.82) is 0 Å². The Balaban J connectivity index is 2.96. The van der Waals surface area contributed by atoms with Crippen LogP contribution in [0.4, 0.5) is 4.39 Å². The molecule has 0 fully saturated rings. The topological polar surface area (TPSA) is 37.3 Å². The number of carboxylic acids is 1. The molecule has 0 spiro atoms. The molecule has 1 aromatic carbocycles. The first kappa shape index (κ1) is 9.74. The van der Waals surface area contributed by atoms with Crippen molar-refractivity contribution >= 4 is 23.4 Å². The van der Waals surface area contributed by atoms with Crippen LogP contribution in [-0.2, 0) is 4.79 Å². The second-order valence-corrected chi connectivity index (χ2v) is 2.77. The minimum atomic E-state index is -1.31. The van der Waals surface area contributed by atoms with Gasteiger partial charge in [0.25, 0.3) is 0 Å². The molecule has 0 unspecified atom stereocenters. The van der Waals surface area contributed by atoms with Crippen molar-refractivity contribution in [3.63, 3.8) is 0 Å². The molecule has 0 heterocycles. The van der Waals surface area contributed by atoms with Crippen molar-refractivity contribution in [2.24, 2.45) is 0 Å². The van der Waals surface area contributed by atoms with Crippen molar-refractivity contribution in [3.05, 3.63) is 40.9 Å². The predicted molar refractivity (Wildman–Crippen MR) is 48.2 cm³/mol. The van der Waals surface area contributed by atoms with E-state index in [4.69, 9.17) is 16.7 Å². The van der Waals surface area contributed by atoms with Gasteiger partial charge < -0.3 is 5.11 Å². The van der Waals surface area contributed by atoms with Crippen molar-refractivity contribution in [2.75, 3.05) is 0 Å². The lowest BCUT2D eigenvalue weighted by atomic mass is 10.2. The molecule has 1 rings (SSSR count). The van der Waals surface area contributed by atoms with E-state index in [0.717, 1.165) is 0 Å². The molecule has 0 aliphatic carbocycles. The van der Waals surface area contributed by atoms with E-state index in [-0.39, 0.29) is 5.56 Å². The minimum Gasteiger partial charge on any atom is -0.478 e. The fourth-order valence-corrected chi connectivity index (χ4v) is 0.927. The molecular formula is C9H6ClFO2. The lowest BCUT2D eigenvalue weighted by Gasteiger charge is -1.95. The van der Waals surface area contributed by atoms with Gasteiger partial charge in [0.1, 0.15) is 5.83 Å². The number of benzene rings is 1. The Hall–Kier alpha value is -1.35. The third-order valence-electron chi connectivity index (χ3n) is 1.37. The molecule has 0 aliphatic rings. The summed E-state index contributed by atoms with van der Waals surface area (Å²) in [6.45, 7) is 0. The van der Waals surface area contributed by atoms with Gasteiger partial charge in [0.15, 0.2) is 0 Å². The largest absolute Gasteiger partial charge is 0.478 e. The second-order valence-electron chi connectivity index (χ2n) is 2.34. The Morgan fingerprint density at radius 1 is 1.38 bits per heavy atom. The van der Waals surface area contributed by atoms with E-state index in [9.17, 15) is 9.18 Å². The highest BCUT2D eigenvalue weighted by Gasteiger charge is 2.01. The summed E-state index contributed by atoms with van der Waals surface area (Å²) in [5, 5.41) is 8.74. The van der Waals surface area contributed by atoms with Crippen LogP contribution in [0.1, 0.15) is 5.56 Å². The zero-order valence-electron chi connectivity index (χ0n) is 6.50. The molecular weight excluding hydrogens is 195 g/mol. The highest BCUT2D eigenvalue weighted by Crippen LogP contribution is 2.18. The minimum absolute atomic E-state index is 0.201. The highest BCUT2D eigenvalue weighted by atomic mass is 35.5. The summed E-state index contributed by atoms with van der Waals surface area (Å²) in [6, 6.07) is 5.81. The molecule has 4 heteroatoms. The number of rotatable bonds is 2. The third-order valence-corrected chi connectivity index (χ3v) is 1.62. The number of carboxylic acid groups (broad SMARTS) is 1. The summed E-state index contributed by atoms with van der Waals surface area (Å²) in [5.74, 6) is -2.10. The SMILES string of the molecule is O=C(O)C=C(F)c1ccc(Cl)cc1. The molecule has 0 aliphatic heterocycles. The molecule has 0 atom stereocenters. The zero-order valence-corrected chi connectivity index (χ0v) is 7.25. The first-order valence-electron chi connectivity index (χ1n) is 3.45. The Morgan fingerprint density at radius 3 is 2.38 bits per heavy atom. The Kier molecular flexibility index (Phi) is 3.03. The maximum absolute atomic E-state index is 13.0. The molecule has 2 nitrogen and oxygen atoms in total. The summed E-state index contributed by atoms with van der Waals surface area (Å²) < 4.78 is 13.0. The molecule has 0 saturated heterocycles. The predicted octanol–water partition coefficient (Wildman–Crippen LogP) is 2.74. The van der Waals surface area contributed by atoms with Crippen LogP contribution in [0.15, 0.2) is 30.3 Å². The van der Waals surface area contributed by atoms with E-state index in [0.29, 0.717) is 11.1 Å². The molecule has 13 heavy (non-hydrogen) atoms. The Labute approximate surface area is 79.3 Å². The van der Waals surface area contributed by atoms with Crippen LogP contribution in [-0.4, -0.2) is 11.1 Å². The summed E-state index contributed by atoms with van der Waals surface area (Å²) in [4.78, 5) is 10.1. The van der Waals surface area contributed by atoms with Gasteiger partial charge in [-0.15, -0.1) is 0 Å². The van der Waals surface area contributed by atoms with E-state index in [1.54, 1.807) is 0 Å².